The molecule has 0 aromatic heterocycles. The Hall–Kier alpha value is -1.30. The van der Waals surface area contributed by atoms with Crippen LogP contribution >= 0.6 is 0 Å². The van der Waals surface area contributed by atoms with E-state index in [0.29, 0.717) is 6.42 Å². The number of rotatable bonds is 7. The fraction of sp³-hybridized carbons (Fsp3) is 0.857. The van der Waals surface area contributed by atoms with Crippen molar-refractivity contribution in [2.45, 2.75) is 51.7 Å². The molecule has 118 valence electrons. The molecule has 1 atom stereocenters. The average molecular weight is 288 g/mol. The van der Waals surface area contributed by atoms with Gasteiger partial charge in [-0.2, -0.15) is 0 Å². The van der Waals surface area contributed by atoms with Gasteiger partial charge in [-0.05, 0) is 60.7 Å². The molecule has 20 heavy (non-hydrogen) atoms. The minimum absolute atomic E-state index is 0.444. The zero-order valence-electron chi connectivity index (χ0n) is 13.5. The smallest absolute Gasteiger partial charge is 0.408 e. The summed E-state index contributed by atoms with van der Waals surface area (Å²) in [6, 6.07) is -0.656. The van der Waals surface area contributed by atoms with Crippen molar-refractivity contribution in [3.63, 3.8) is 0 Å². The predicted octanol–water partition coefficient (Wildman–Crippen LogP) is 1.78. The van der Waals surface area contributed by atoms with Gasteiger partial charge in [0.25, 0.3) is 0 Å². The number of methoxy groups -OCH3 is 1. The average Bonchev–Trinajstić information content (AvgIpc) is 2.29. The van der Waals surface area contributed by atoms with E-state index in [-0.39, 0.29) is 0 Å². The summed E-state index contributed by atoms with van der Waals surface area (Å²) < 4.78 is 9.84. The third kappa shape index (κ3) is 9.61. The van der Waals surface area contributed by atoms with Crippen molar-refractivity contribution in [3.8, 4) is 0 Å². The molecular formula is C14H28N2O4. The minimum atomic E-state index is -0.656. The van der Waals surface area contributed by atoms with Crippen LogP contribution < -0.4 is 5.32 Å². The van der Waals surface area contributed by atoms with E-state index in [4.69, 9.17) is 9.47 Å². The van der Waals surface area contributed by atoms with Crippen LogP contribution in [0.15, 0.2) is 0 Å². The van der Waals surface area contributed by atoms with Crippen molar-refractivity contribution in [2.24, 2.45) is 0 Å². The van der Waals surface area contributed by atoms with Crippen molar-refractivity contribution in [1.82, 2.24) is 10.2 Å². The Bertz CT molecular complexity index is 311. The fourth-order valence-electron chi connectivity index (χ4n) is 1.62. The van der Waals surface area contributed by atoms with E-state index in [9.17, 15) is 9.59 Å². The molecule has 1 N–H and O–H groups in total. The molecule has 0 aliphatic heterocycles. The number of esters is 1. The Labute approximate surface area is 121 Å². The zero-order chi connectivity index (χ0) is 15.8. The third-order valence-corrected chi connectivity index (χ3v) is 2.52. The molecule has 0 fully saturated rings. The van der Waals surface area contributed by atoms with E-state index in [2.05, 4.69) is 10.2 Å². The molecule has 0 radical (unpaired) electrons. The zero-order valence-corrected chi connectivity index (χ0v) is 13.5. The van der Waals surface area contributed by atoms with Crippen LogP contribution in [0.25, 0.3) is 0 Å². The normalized spacial score (nSPS) is 12.9. The Morgan fingerprint density at radius 1 is 1.20 bits per heavy atom. The molecule has 0 saturated heterocycles. The van der Waals surface area contributed by atoms with Crippen LogP contribution in [0.1, 0.15) is 40.0 Å². The van der Waals surface area contributed by atoms with E-state index in [1.807, 2.05) is 14.1 Å². The summed E-state index contributed by atoms with van der Waals surface area (Å²) in [4.78, 5) is 25.4. The van der Waals surface area contributed by atoms with Gasteiger partial charge in [0, 0.05) is 0 Å². The highest BCUT2D eigenvalue weighted by Crippen LogP contribution is 2.09. The first kappa shape index (κ1) is 18.7. The molecule has 0 aliphatic carbocycles. The molecule has 6 nitrogen and oxygen atoms in total. The van der Waals surface area contributed by atoms with Gasteiger partial charge in [-0.1, -0.05) is 0 Å². The van der Waals surface area contributed by atoms with Crippen LogP contribution in [0.4, 0.5) is 4.79 Å². The predicted molar refractivity (Wildman–Crippen MR) is 77.6 cm³/mol. The van der Waals surface area contributed by atoms with Crippen LogP contribution in [0.5, 0.6) is 0 Å². The lowest BCUT2D eigenvalue weighted by Gasteiger charge is -2.22. The number of alkyl carbamates (subject to hydrolysis) is 1. The maximum absolute atomic E-state index is 11.7. The lowest BCUT2D eigenvalue weighted by Crippen LogP contribution is -2.44. The number of amides is 1. The van der Waals surface area contributed by atoms with E-state index >= 15 is 0 Å². The molecule has 0 heterocycles. The lowest BCUT2D eigenvalue weighted by molar-refractivity contribution is -0.143. The van der Waals surface area contributed by atoms with Crippen molar-refractivity contribution < 1.29 is 19.1 Å². The second kappa shape index (κ2) is 8.79. The minimum Gasteiger partial charge on any atom is -0.467 e. The van der Waals surface area contributed by atoms with Gasteiger partial charge in [0.2, 0.25) is 0 Å². The number of nitrogens with zero attached hydrogens (tertiary/aromatic N) is 1. The summed E-state index contributed by atoms with van der Waals surface area (Å²) in [5, 5.41) is 2.56. The van der Waals surface area contributed by atoms with Crippen LogP contribution in [-0.4, -0.2) is 56.4 Å². The molecular weight excluding hydrogens is 260 g/mol. The van der Waals surface area contributed by atoms with Crippen LogP contribution in [0.3, 0.4) is 0 Å². The lowest BCUT2D eigenvalue weighted by atomic mass is 10.1. The molecule has 0 aliphatic rings. The van der Waals surface area contributed by atoms with Gasteiger partial charge in [-0.25, -0.2) is 9.59 Å². The standard InChI is InChI=1S/C14H28N2O4/c1-14(2,3)20-13(18)15-11(12(17)19-6)9-7-8-10-16(4)5/h11H,7-10H2,1-6H3,(H,15,18)/t11-/m0/s1. The second-order valence-corrected chi connectivity index (χ2v) is 6.02. The monoisotopic (exact) mass is 288 g/mol. The quantitative estimate of drug-likeness (QED) is 0.571. The highest BCUT2D eigenvalue weighted by atomic mass is 16.6. The first-order valence-electron chi connectivity index (χ1n) is 6.88. The molecule has 0 saturated carbocycles. The van der Waals surface area contributed by atoms with Gasteiger partial charge in [-0.15, -0.1) is 0 Å². The topological polar surface area (TPSA) is 67.9 Å². The van der Waals surface area contributed by atoms with Gasteiger partial charge in [0.15, 0.2) is 0 Å². The van der Waals surface area contributed by atoms with E-state index in [1.165, 1.54) is 7.11 Å². The fourth-order valence-corrected chi connectivity index (χ4v) is 1.62. The van der Waals surface area contributed by atoms with Crippen molar-refractivity contribution in [1.29, 1.82) is 0 Å². The summed E-state index contributed by atoms with van der Waals surface area (Å²) in [5.41, 5.74) is -0.588. The SMILES string of the molecule is COC(=O)[C@H](CCCCN(C)C)NC(=O)OC(C)(C)C. The van der Waals surface area contributed by atoms with Gasteiger partial charge in [-0.3, -0.25) is 0 Å². The Kier molecular flexibility index (Phi) is 8.22. The molecule has 0 bridgehead atoms. The maximum atomic E-state index is 11.7. The molecule has 0 rings (SSSR count). The highest BCUT2D eigenvalue weighted by molar-refractivity contribution is 5.81. The number of hydrogen-bond donors (Lipinski definition) is 1. The molecule has 6 heteroatoms. The largest absolute Gasteiger partial charge is 0.467 e. The first-order chi connectivity index (χ1) is 9.15. The van der Waals surface area contributed by atoms with Crippen LogP contribution in [0, 0.1) is 0 Å². The molecule has 0 spiro atoms. The molecule has 0 aromatic carbocycles. The summed E-state index contributed by atoms with van der Waals surface area (Å²) in [7, 11) is 5.30. The molecule has 0 unspecified atom stereocenters. The van der Waals surface area contributed by atoms with Crippen molar-refractivity contribution >= 4 is 12.1 Å². The molecule has 0 aromatic rings. The number of carbonyl (C=O) groups is 2. The van der Waals surface area contributed by atoms with Gasteiger partial charge < -0.3 is 19.7 Å². The van der Waals surface area contributed by atoms with Crippen molar-refractivity contribution in [2.75, 3.05) is 27.7 Å². The second-order valence-electron chi connectivity index (χ2n) is 6.02. The first-order valence-corrected chi connectivity index (χ1v) is 6.88. The number of hydrogen-bond acceptors (Lipinski definition) is 5. The van der Waals surface area contributed by atoms with Gasteiger partial charge in [0.05, 0.1) is 7.11 Å². The van der Waals surface area contributed by atoms with Crippen LogP contribution in [0.2, 0.25) is 0 Å². The number of unbranched alkanes of at least 4 members (excludes halogenated alkanes) is 1. The van der Waals surface area contributed by atoms with Gasteiger partial charge >= 0.3 is 12.1 Å². The third-order valence-electron chi connectivity index (χ3n) is 2.52. The number of ether oxygens (including phenoxy) is 2. The Balaban J connectivity index is 4.28. The molecule has 1 amide bonds. The summed E-state index contributed by atoms with van der Waals surface area (Å²) in [5.74, 6) is -0.444. The Morgan fingerprint density at radius 2 is 1.80 bits per heavy atom. The Morgan fingerprint density at radius 3 is 2.25 bits per heavy atom. The summed E-state index contributed by atoms with van der Waals surface area (Å²) in [6.45, 7) is 6.27. The summed E-state index contributed by atoms with van der Waals surface area (Å²) in [6.07, 6.45) is 1.73. The van der Waals surface area contributed by atoms with Gasteiger partial charge in [0.1, 0.15) is 11.6 Å². The highest BCUT2D eigenvalue weighted by Gasteiger charge is 2.24. The number of carbonyl (C=O) groups excluding carboxylic acids is 2. The van der Waals surface area contributed by atoms with Crippen LogP contribution in [-0.2, 0) is 14.3 Å². The van der Waals surface area contributed by atoms with E-state index in [1.54, 1.807) is 20.8 Å². The number of nitrogens with one attached hydrogen (secondary N) is 1. The summed E-state index contributed by atoms with van der Waals surface area (Å²) >= 11 is 0. The van der Waals surface area contributed by atoms with Crippen molar-refractivity contribution in [3.05, 3.63) is 0 Å². The van der Waals surface area contributed by atoms with E-state index < -0.39 is 23.7 Å². The maximum Gasteiger partial charge on any atom is 0.408 e. The van der Waals surface area contributed by atoms with E-state index in [0.717, 1.165) is 19.4 Å².